The molecule has 2 nitrogen and oxygen atoms in total. The number of nitrogens with two attached hydrogens (primary N) is 1. The Balaban J connectivity index is 2.60. The molecule has 0 aromatic heterocycles. The molecule has 1 fully saturated rings. The lowest BCUT2D eigenvalue weighted by Gasteiger charge is -2.39. The summed E-state index contributed by atoms with van der Waals surface area (Å²) in [7, 11) is 2.27. The van der Waals surface area contributed by atoms with Gasteiger partial charge in [-0.05, 0) is 44.7 Å². The molecule has 0 aliphatic heterocycles. The molecule has 0 amide bonds. The number of rotatable bonds is 5. The normalized spacial score (nSPS) is 22.8. The quantitative estimate of drug-likeness (QED) is 0.747. The Hall–Kier alpha value is -0.0800. The van der Waals surface area contributed by atoms with Crippen LogP contribution in [0.1, 0.15) is 59.3 Å². The summed E-state index contributed by atoms with van der Waals surface area (Å²) in [5.74, 6) is 0.723. The van der Waals surface area contributed by atoms with Crippen LogP contribution >= 0.6 is 0 Å². The van der Waals surface area contributed by atoms with Crippen LogP contribution in [0.5, 0.6) is 0 Å². The third kappa shape index (κ3) is 4.26. The van der Waals surface area contributed by atoms with Gasteiger partial charge < -0.3 is 10.6 Å². The van der Waals surface area contributed by atoms with Gasteiger partial charge in [-0.15, -0.1) is 0 Å². The van der Waals surface area contributed by atoms with Crippen molar-refractivity contribution in [2.75, 3.05) is 20.1 Å². The number of hydrogen-bond acceptors (Lipinski definition) is 2. The SMILES string of the molecule is CC(C)C(C)N(C)CC1(CN)CCCCCC1. The van der Waals surface area contributed by atoms with Gasteiger partial charge in [0.15, 0.2) is 0 Å². The van der Waals surface area contributed by atoms with Crippen LogP contribution in [-0.2, 0) is 0 Å². The third-order valence-electron chi connectivity index (χ3n) is 4.84. The first kappa shape index (κ1) is 15.0. The second-order valence-corrected chi connectivity index (χ2v) is 6.52. The van der Waals surface area contributed by atoms with Gasteiger partial charge in [-0.3, -0.25) is 0 Å². The number of nitrogens with zero attached hydrogens (tertiary/aromatic N) is 1. The molecule has 1 saturated carbocycles. The van der Waals surface area contributed by atoms with E-state index in [4.69, 9.17) is 5.73 Å². The zero-order chi connectivity index (χ0) is 12.9. The van der Waals surface area contributed by atoms with E-state index < -0.39 is 0 Å². The summed E-state index contributed by atoms with van der Waals surface area (Å²) in [4.78, 5) is 2.53. The minimum atomic E-state index is 0.397. The summed E-state index contributed by atoms with van der Waals surface area (Å²) in [6.07, 6.45) is 8.23. The molecule has 1 rings (SSSR count). The molecule has 1 atom stereocenters. The fourth-order valence-corrected chi connectivity index (χ4v) is 3.09. The Bertz CT molecular complexity index is 205. The fourth-order valence-electron chi connectivity index (χ4n) is 3.09. The zero-order valence-corrected chi connectivity index (χ0v) is 12.3. The Morgan fingerprint density at radius 1 is 1.06 bits per heavy atom. The van der Waals surface area contributed by atoms with Crippen molar-refractivity contribution in [2.45, 2.75) is 65.3 Å². The van der Waals surface area contributed by atoms with Crippen LogP contribution in [0, 0.1) is 11.3 Å². The minimum Gasteiger partial charge on any atom is -0.330 e. The lowest BCUT2D eigenvalue weighted by atomic mass is 9.79. The molecule has 0 heterocycles. The molecule has 1 unspecified atom stereocenters. The van der Waals surface area contributed by atoms with E-state index >= 15 is 0 Å². The average Bonchev–Trinajstić information content (AvgIpc) is 2.54. The Morgan fingerprint density at radius 3 is 2.00 bits per heavy atom. The summed E-state index contributed by atoms with van der Waals surface area (Å²) in [6.45, 7) is 9.00. The summed E-state index contributed by atoms with van der Waals surface area (Å²) >= 11 is 0. The topological polar surface area (TPSA) is 29.3 Å². The molecule has 2 heteroatoms. The highest BCUT2D eigenvalue weighted by Gasteiger charge is 2.32. The van der Waals surface area contributed by atoms with Crippen molar-refractivity contribution in [1.29, 1.82) is 0 Å². The standard InChI is InChI=1S/C15H32N2/c1-13(2)14(3)17(4)12-15(11-16)9-7-5-6-8-10-15/h13-14H,5-12,16H2,1-4H3. The summed E-state index contributed by atoms with van der Waals surface area (Å²) in [5.41, 5.74) is 6.50. The van der Waals surface area contributed by atoms with Gasteiger partial charge in [0, 0.05) is 12.6 Å². The minimum absolute atomic E-state index is 0.397. The molecule has 0 aromatic rings. The largest absolute Gasteiger partial charge is 0.330 e. The second kappa shape index (κ2) is 6.75. The first-order valence-corrected chi connectivity index (χ1v) is 7.41. The molecule has 1 aliphatic rings. The molecule has 0 aromatic carbocycles. The highest BCUT2D eigenvalue weighted by atomic mass is 15.1. The zero-order valence-electron chi connectivity index (χ0n) is 12.3. The molecule has 0 radical (unpaired) electrons. The smallest absolute Gasteiger partial charge is 0.00871 e. The van der Waals surface area contributed by atoms with Gasteiger partial charge >= 0.3 is 0 Å². The van der Waals surface area contributed by atoms with E-state index in [-0.39, 0.29) is 0 Å². The lowest BCUT2D eigenvalue weighted by molar-refractivity contribution is 0.110. The predicted octanol–water partition coefficient (Wildman–Crippen LogP) is 3.26. The van der Waals surface area contributed by atoms with E-state index in [9.17, 15) is 0 Å². The first-order valence-electron chi connectivity index (χ1n) is 7.41. The van der Waals surface area contributed by atoms with Crippen molar-refractivity contribution in [3.8, 4) is 0 Å². The fraction of sp³-hybridized carbons (Fsp3) is 1.00. The average molecular weight is 240 g/mol. The van der Waals surface area contributed by atoms with Crippen molar-refractivity contribution in [3.63, 3.8) is 0 Å². The van der Waals surface area contributed by atoms with Crippen molar-refractivity contribution in [3.05, 3.63) is 0 Å². The van der Waals surface area contributed by atoms with Gasteiger partial charge in [0.05, 0.1) is 0 Å². The Kier molecular flexibility index (Phi) is 5.94. The van der Waals surface area contributed by atoms with E-state index in [1.807, 2.05) is 0 Å². The summed E-state index contributed by atoms with van der Waals surface area (Å²) in [6, 6.07) is 0.654. The van der Waals surface area contributed by atoms with Crippen LogP contribution in [0.25, 0.3) is 0 Å². The molecular formula is C15H32N2. The first-order chi connectivity index (χ1) is 8.01. The van der Waals surface area contributed by atoms with E-state index in [0.717, 1.165) is 12.5 Å². The maximum atomic E-state index is 6.11. The Morgan fingerprint density at radius 2 is 1.59 bits per heavy atom. The summed E-state index contributed by atoms with van der Waals surface area (Å²) in [5, 5.41) is 0. The van der Waals surface area contributed by atoms with Crippen LogP contribution in [0.4, 0.5) is 0 Å². The highest BCUT2D eigenvalue weighted by Crippen LogP contribution is 2.35. The third-order valence-corrected chi connectivity index (χ3v) is 4.84. The lowest BCUT2D eigenvalue weighted by Crippen LogP contribution is -2.45. The molecule has 0 bridgehead atoms. The van der Waals surface area contributed by atoms with Gasteiger partial charge in [0.25, 0.3) is 0 Å². The van der Waals surface area contributed by atoms with Gasteiger partial charge in [0.2, 0.25) is 0 Å². The van der Waals surface area contributed by atoms with Gasteiger partial charge in [-0.1, -0.05) is 39.5 Å². The molecule has 0 spiro atoms. The maximum Gasteiger partial charge on any atom is 0.00871 e. The van der Waals surface area contributed by atoms with Crippen LogP contribution in [0.3, 0.4) is 0 Å². The molecule has 17 heavy (non-hydrogen) atoms. The van der Waals surface area contributed by atoms with Crippen molar-refractivity contribution < 1.29 is 0 Å². The number of hydrogen-bond donors (Lipinski definition) is 1. The van der Waals surface area contributed by atoms with Crippen LogP contribution in [0.15, 0.2) is 0 Å². The molecule has 2 N–H and O–H groups in total. The van der Waals surface area contributed by atoms with Crippen molar-refractivity contribution in [2.24, 2.45) is 17.1 Å². The maximum absolute atomic E-state index is 6.11. The second-order valence-electron chi connectivity index (χ2n) is 6.52. The predicted molar refractivity (Wildman–Crippen MR) is 76.1 cm³/mol. The molecule has 102 valence electrons. The molecule has 1 aliphatic carbocycles. The summed E-state index contributed by atoms with van der Waals surface area (Å²) < 4.78 is 0. The van der Waals surface area contributed by atoms with Gasteiger partial charge in [-0.25, -0.2) is 0 Å². The van der Waals surface area contributed by atoms with E-state index in [1.54, 1.807) is 0 Å². The van der Waals surface area contributed by atoms with Gasteiger partial charge in [-0.2, -0.15) is 0 Å². The van der Waals surface area contributed by atoms with Gasteiger partial charge in [0.1, 0.15) is 0 Å². The monoisotopic (exact) mass is 240 g/mol. The van der Waals surface area contributed by atoms with Crippen molar-refractivity contribution in [1.82, 2.24) is 4.90 Å². The van der Waals surface area contributed by atoms with Crippen LogP contribution in [0.2, 0.25) is 0 Å². The Labute approximate surface area is 108 Å². The van der Waals surface area contributed by atoms with Crippen LogP contribution in [-0.4, -0.2) is 31.1 Å². The van der Waals surface area contributed by atoms with E-state index in [0.29, 0.717) is 11.5 Å². The van der Waals surface area contributed by atoms with Crippen LogP contribution < -0.4 is 5.73 Å². The van der Waals surface area contributed by atoms with E-state index in [2.05, 4.69) is 32.7 Å². The molecule has 0 saturated heterocycles. The molecular weight excluding hydrogens is 208 g/mol. The highest BCUT2D eigenvalue weighted by molar-refractivity contribution is 4.86. The van der Waals surface area contributed by atoms with Crippen molar-refractivity contribution >= 4 is 0 Å². The van der Waals surface area contributed by atoms with E-state index in [1.165, 1.54) is 45.1 Å².